The number of rotatable bonds is 7. The van der Waals surface area contributed by atoms with Gasteiger partial charge in [0.1, 0.15) is 5.84 Å². The van der Waals surface area contributed by atoms with E-state index in [0.29, 0.717) is 17.8 Å². The van der Waals surface area contributed by atoms with Gasteiger partial charge in [-0.1, -0.05) is 52.0 Å². The molecule has 1 aromatic carbocycles. The van der Waals surface area contributed by atoms with Crippen LogP contribution < -0.4 is 5.32 Å². The van der Waals surface area contributed by atoms with Crippen molar-refractivity contribution in [3.63, 3.8) is 0 Å². The average molecular weight is 474 g/mol. The number of ether oxygens (including phenoxy) is 1. The maximum Gasteiger partial charge on any atom is 0.274 e. The van der Waals surface area contributed by atoms with Gasteiger partial charge >= 0.3 is 0 Å². The number of carbonyl (C=O) groups is 1. The van der Waals surface area contributed by atoms with E-state index < -0.39 is 19.2 Å². The second-order valence-electron chi connectivity index (χ2n) is 10.2. The van der Waals surface area contributed by atoms with Crippen LogP contribution in [0.15, 0.2) is 41.4 Å². The summed E-state index contributed by atoms with van der Waals surface area (Å²) >= 11 is 0. The van der Waals surface area contributed by atoms with E-state index in [1.165, 1.54) is 6.07 Å². The summed E-state index contributed by atoms with van der Waals surface area (Å²) in [5, 5.41) is 14.3. The summed E-state index contributed by atoms with van der Waals surface area (Å²) in [4.78, 5) is 27.8. The number of carbonyl (C=O) groups excluding carboxylic acids is 1. The molecule has 0 radical (unpaired) electrons. The molecule has 2 heterocycles. The van der Waals surface area contributed by atoms with E-state index in [1.54, 1.807) is 24.3 Å². The van der Waals surface area contributed by atoms with Gasteiger partial charge in [0.05, 0.1) is 29.2 Å². The molecule has 8 nitrogen and oxygen atoms in total. The van der Waals surface area contributed by atoms with Crippen molar-refractivity contribution in [1.82, 2.24) is 5.32 Å². The van der Waals surface area contributed by atoms with Gasteiger partial charge in [0.25, 0.3) is 11.6 Å². The number of dihydropyridines is 1. The molecule has 180 valence electrons. The van der Waals surface area contributed by atoms with Crippen LogP contribution in [0.4, 0.5) is 5.69 Å². The van der Waals surface area contributed by atoms with Crippen molar-refractivity contribution in [1.29, 1.82) is 0 Å². The summed E-state index contributed by atoms with van der Waals surface area (Å²) in [5.41, 5.74) is 0.566. The van der Waals surface area contributed by atoms with Gasteiger partial charge in [0.15, 0.2) is 8.32 Å². The number of hydrogen-bond donors (Lipinski definition) is 1. The molecule has 2 aliphatic heterocycles. The van der Waals surface area contributed by atoms with Crippen LogP contribution in [-0.4, -0.2) is 43.3 Å². The highest BCUT2D eigenvalue weighted by Gasteiger charge is 2.46. The lowest BCUT2D eigenvalue weighted by Gasteiger charge is -2.39. The van der Waals surface area contributed by atoms with Crippen LogP contribution in [0.25, 0.3) is 0 Å². The molecule has 0 aromatic heterocycles. The summed E-state index contributed by atoms with van der Waals surface area (Å²) < 4.78 is 12.9. The third-order valence-corrected chi connectivity index (χ3v) is 11.4. The van der Waals surface area contributed by atoms with Crippen LogP contribution >= 0.6 is 0 Å². The minimum absolute atomic E-state index is 0.0239. The van der Waals surface area contributed by atoms with Crippen LogP contribution in [0, 0.1) is 16.0 Å². The molecule has 3 rings (SSSR count). The number of benzene rings is 1. The molecule has 1 N–H and O–H groups in total. The predicted octanol–water partition coefficient (Wildman–Crippen LogP) is 4.75. The van der Waals surface area contributed by atoms with Gasteiger partial charge in [0, 0.05) is 24.6 Å². The minimum Gasteiger partial charge on any atom is -0.411 e. The second-order valence-corrected chi connectivity index (χ2v) is 15.0. The van der Waals surface area contributed by atoms with Crippen molar-refractivity contribution in [2.24, 2.45) is 10.9 Å². The van der Waals surface area contributed by atoms with Gasteiger partial charge in [-0.15, -0.1) is 0 Å². The van der Waals surface area contributed by atoms with Crippen LogP contribution in [0.3, 0.4) is 0 Å². The Morgan fingerprint density at radius 2 is 2.00 bits per heavy atom. The maximum atomic E-state index is 12.8. The SMILES string of the molecule is CC[C@H]1O[C@@H](C2C=CC(NCc3ccccc3[N+](=O)[O-])=NC2=O)CC1O[Si](C)(C)C(C)(C)C. The molecule has 0 saturated carbocycles. The van der Waals surface area contributed by atoms with Crippen LogP contribution in [0.1, 0.15) is 46.1 Å². The third-order valence-electron chi connectivity index (χ3n) is 6.91. The lowest BCUT2D eigenvalue weighted by molar-refractivity contribution is -0.385. The van der Waals surface area contributed by atoms with Gasteiger partial charge in [-0.25, -0.2) is 0 Å². The van der Waals surface area contributed by atoms with Crippen LogP contribution in [-0.2, 0) is 20.5 Å². The first-order valence-corrected chi connectivity index (χ1v) is 14.4. The maximum absolute atomic E-state index is 12.8. The molecule has 1 saturated heterocycles. The molecule has 0 aliphatic carbocycles. The van der Waals surface area contributed by atoms with E-state index in [2.05, 4.69) is 51.1 Å². The van der Waals surface area contributed by atoms with E-state index >= 15 is 0 Å². The summed E-state index contributed by atoms with van der Waals surface area (Å²) in [6, 6.07) is 6.51. The Hall–Kier alpha value is -2.36. The van der Waals surface area contributed by atoms with Gasteiger partial charge in [-0.05, 0) is 30.6 Å². The number of nitro benzene ring substituents is 1. The summed E-state index contributed by atoms with van der Waals surface area (Å²) in [6.45, 7) is 13.4. The highest BCUT2D eigenvalue weighted by molar-refractivity contribution is 6.74. The summed E-state index contributed by atoms with van der Waals surface area (Å²) in [5.74, 6) is -0.326. The number of nitrogens with one attached hydrogen (secondary N) is 1. The third kappa shape index (κ3) is 5.77. The number of nitro groups is 1. The number of nitrogens with zero attached hydrogens (tertiary/aromatic N) is 2. The molecular formula is C24H35N3O5Si. The molecule has 1 fully saturated rings. The highest BCUT2D eigenvalue weighted by Crippen LogP contribution is 2.41. The van der Waals surface area contributed by atoms with Crippen LogP contribution in [0.5, 0.6) is 0 Å². The monoisotopic (exact) mass is 473 g/mol. The fourth-order valence-corrected chi connectivity index (χ4v) is 5.29. The van der Waals surface area contributed by atoms with E-state index in [9.17, 15) is 14.9 Å². The minimum atomic E-state index is -1.96. The van der Waals surface area contributed by atoms with E-state index in [0.717, 1.165) is 6.42 Å². The Morgan fingerprint density at radius 3 is 2.61 bits per heavy atom. The lowest BCUT2D eigenvalue weighted by Crippen LogP contribution is -2.45. The summed E-state index contributed by atoms with van der Waals surface area (Å²) in [7, 11) is -1.96. The van der Waals surface area contributed by atoms with Gasteiger partial charge in [-0.3, -0.25) is 14.9 Å². The molecule has 9 heteroatoms. The number of aliphatic imine (C=N–C) groups is 1. The molecule has 0 bridgehead atoms. The highest BCUT2D eigenvalue weighted by atomic mass is 28.4. The van der Waals surface area contributed by atoms with Gasteiger partial charge in [-0.2, -0.15) is 4.99 Å². The fraction of sp³-hybridized carbons (Fsp3) is 0.583. The zero-order chi connectivity index (χ0) is 24.4. The standard InChI is InChI=1S/C24H35N3O5Si/c1-7-19-21(32-33(5,6)24(2,3)4)14-20(31-19)17-12-13-22(26-23(17)28)25-15-16-10-8-9-11-18(16)27(29)30/h8-13,17,19-21H,7,14-15H2,1-6H3,(H,25,26,28)/t17?,19-,20-,21?/m1/s1. The smallest absolute Gasteiger partial charge is 0.274 e. The number of amides is 1. The van der Waals surface area contributed by atoms with Crippen molar-refractivity contribution in [3.05, 3.63) is 52.1 Å². The van der Waals surface area contributed by atoms with Gasteiger partial charge in [0.2, 0.25) is 0 Å². The molecule has 4 atom stereocenters. The molecule has 33 heavy (non-hydrogen) atoms. The van der Waals surface area contributed by atoms with E-state index in [1.807, 2.05) is 6.08 Å². The Balaban J connectivity index is 1.63. The molecule has 1 aromatic rings. The quantitative estimate of drug-likeness (QED) is 0.348. The first-order valence-electron chi connectivity index (χ1n) is 11.5. The average Bonchev–Trinajstić information content (AvgIpc) is 3.13. The molecule has 0 spiro atoms. The van der Waals surface area contributed by atoms with Crippen molar-refractivity contribution in [2.45, 2.75) is 83.5 Å². The number of para-hydroxylation sites is 1. The number of hydrogen-bond acceptors (Lipinski definition) is 6. The Morgan fingerprint density at radius 1 is 1.30 bits per heavy atom. The zero-order valence-electron chi connectivity index (χ0n) is 20.3. The normalized spacial score (nSPS) is 25.8. The zero-order valence-corrected chi connectivity index (χ0v) is 21.3. The Labute approximate surface area is 196 Å². The van der Waals surface area contributed by atoms with Crippen molar-refractivity contribution < 1.29 is 18.9 Å². The predicted molar refractivity (Wildman–Crippen MR) is 131 cm³/mol. The second kappa shape index (κ2) is 9.86. The van der Waals surface area contributed by atoms with Crippen LogP contribution in [0.2, 0.25) is 18.1 Å². The molecular weight excluding hydrogens is 438 g/mol. The largest absolute Gasteiger partial charge is 0.411 e. The Kier molecular flexibility index (Phi) is 7.55. The van der Waals surface area contributed by atoms with Crippen molar-refractivity contribution >= 4 is 25.7 Å². The molecule has 2 aliphatic rings. The molecule has 2 unspecified atom stereocenters. The first kappa shape index (κ1) is 25.3. The van der Waals surface area contributed by atoms with Gasteiger partial charge < -0.3 is 14.5 Å². The van der Waals surface area contributed by atoms with E-state index in [-0.39, 0.29) is 41.5 Å². The Bertz CT molecular complexity index is 954. The van der Waals surface area contributed by atoms with E-state index in [4.69, 9.17) is 9.16 Å². The van der Waals surface area contributed by atoms with Crippen molar-refractivity contribution in [2.75, 3.05) is 0 Å². The topological polar surface area (TPSA) is 103 Å². The molecule has 1 amide bonds. The first-order chi connectivity index (χ1) is 15.4. The fourth-order valence-electron chi connectivity index (χ4n) is 3.93. The number of amidine groups is 1. The van der Waals surface area contributed by atoms with Crippen molar-refractivity contribution in [3.8, 4) is 0 Å². The summed E-state index contributed by atoms with van der Waals surface area (Å²) in [6.07, 6.45) is 4.74. The lowest BCUT2D eigenvalue weighted by atomic mass is 9.95.